The van der Waals surface area contributed by atoms with Gasteiger partial charge in [0.25, 0.3) is 0 Å². The standard InChI is InChI=1S/C10H16N2O8.Bi.H3N.3H/c13-7(14)3-11(4-8(15)16)1-2-12(5-9(17)18)6-10(19)20;;;;;/h1-6H2,(H,13,14)(H,15,16)(H,17,18)(H,19,20);;1H3;;;. The van der Waals surface area contributed by atoms with Gasteiger partial charge in [-0.3, -0.25) is 29.0 Å². The third kappa shape index (κ3) is 15.0. The Morgan fingerprint density at radius 2 is 0.773 bits per heavy atom. The van der Waals surface area contributed by atoms with Gasteiger partial charge in [-0.25, -0.2) is 0 Å². The molecule has 0 aliphatic rings. The first kappa shape index (κ1) is 25.6. The molecule has 0 unspecified atom stereocenters. The van der Waals surface area contributed by atoms with Crippen LogP contribution in [0.5, 0.6) is 0 Å². The van der Waals surface area contributed by atoms with E-state index >= 15 is 0 Å². The Labute approximate surface area is 145 Å². The van der Waals surface area contributed by atoms with Crippen molar-refractivity contribution in [1.82, 2.24) is 16.0 Å². The van der Waals surface area contributed by atoms with Gasteiger partial charge in [-0.15, -0.1) is 0 Å². The monoisotopic (exact) mass is 521 g/mol. The summed E-state index contributed by atoms with van der Waals surface area (Å²) in [5, 5.41) is 34.5. The number of hydrogen-bond donors (Lipinski definition) is 5. The second kappa shape index (κ2) is 13.3. The second-order valence-corrected chi connectivity index (χ2v) is 4.00. The molecule has 22 heavy (non-hydrogen) atoms. The van der Waals surface area contributed by atoms with E-state index in [1.54, 1.807) is 0 Å². The van der Waals surface area contributed by atoms with Crippen molar-refractivity contribution in [2.45, 2.75) is 0 Å². The molecule has 0 aromatic rings. The molecule has 0 aromatic carbocycles. The number of carboxylic acid groups (broad SMARTS) is 4. The van der Waals surface area contributed by atoms with Crippen LogP contribution in [0.2, 0.25) is 0 Å². The van der Waals surface area contributed by atoms with Crippen LogP contribution in [-0.2, 0) is 19.2 Å². The van der Waals surface area contributed by atoms with Crippen LogP contribution >= 0.6 is 0 Å². The van der Waals surface area contributed by atoms with E-state index in [9.17, 15) is 19.2 Å². The van der Waals surface area contributed by atoms with Crippen LogP contribution in [0.25, 0.3) is 0 Å². The fraction of sp³-hybridized carbons (Fsp3) is 0.600. The third-order valence-corrected chi connectivity index (χ3v) is 2.17. The van der Waals surface area contributed by atoms with Crippen LogP contribution in [-0.4, -0.2) is 120 Å². The predicted molar refractivity (Wildman–Crippen MR) is 78.4 cm³/mol. The van der Waals surface area contributed by atoms with E-state index < -0.39 is 50.1 Å². The first-order valence-electron chi connectivity index (χ1n) is 5.52. The van der Waals surface area contributed by atoms with Gasteiger partial charge < -0.3 is 26.6 Å². The Morgan fingerprint density at radius 1 is 0.591 bits per heavy atom. The normalized spacial score (nSPS) is 9.73. The first-order valence-corrected chi connectivity index (χ1v) is 5.52. The van der Waals surface area contributed by atoms with Gasteiger partial charge in [0.1, 0.15) is 0 Å². The molecule has 11 nitrogen and oxygen atoms in total. The molecule has 0 bridgehead atoms. The molecule has 0 aliphatic heterocycles. The molecular formula is C10H22BiN3O8. The van der Waals surface area contributed by atoms with Gasteiger partial charge in [0.05, 0.1) is 26.2 Å². The van der Waals surface area contributed by atoms with Gasteiger partial charge in [-0.2, -0.15) is 0 Å². The quantitative estimate of drug-likeness (QED) is 0.173. The number of rotatable bonds is 11. The molecule has 0 aliphatic carbocycles. The summed E-state index contributed by atoms with van der Waals surface area (Å²) < 4.78 is 0. The van der Waals surface area contributed by atoms with Crippen LogP contribution in [0.15, 0.2) is 0 Å². The Morgan fingerprint density at radius 3 is 0.909 bits per heavy atom. The summed E-state index contributed by atoms with van der Waals surface area (Å²) >= 11 is 0. The zero-order valence-corrected chi connectivity index (χ0v) is 17.5. The van der Waals surface area contributed by atoms with Gasteiger partial charge in [0, 0.05) is 13.1 Å². The molecular weight excluding hydrogens is 499 g/mol. The third-order valence-electron chi connectivity index (χ3n) is 2.17. The molecule has 0 saturated carbocycles. The van der Waals surface area contributed by atoms with Crippen molar-refractivity contribution in [2.24, 2.45) is 0 Å². The second-order valence-electron chi connectivity index (χ2n) is 4.00. The first-order chi connectivity index (χ1) is 9.20. The van der Waals surface area contributed by atoms with E-state index in [0.29, 0.717) is 0 Å². The Bertz CT molecular complexity index is 324. The summed E-state index contributed by atoms with van der Waals surface area (Å²) in [5.74, 6) is -4.91. The fourth-order valence-electron chi connectivity index (χ4n) is 1.48. The van der Waals surface area contributed by atoms with E-state index in [-0.39, 0.29) is 45.4 Å². The fourth-order valence-corrected chi connectivity index (χ4v) is 1.48. The Balaban J connectivity index is -0.00000180. The summed E-state index contributed by atoms with van der Waals surface area (Å²) in [6.45, 7) is -2.25. The Kier molecular flexibility index (Phi) is 15.5. The molecule has 130 valence electrons. The number of nitrogens with zero attached hydrogens (tertiary/aromatic N) is 2. The van der Waals surface area contributed by atoms with Crippen molar-refractivity contribution in [3.63, 3.8) is 0 Å². The van der Waals surface area contributed by atoms with Crippen LogP contribution in [0.1, 0.15) is 0 Å². The van der Waals surface area contributed by atoms with Gasteiger partial charge in [-0.1, -0.05) is 0 Å². The van der Waals surface area contributed by atoms with Crippen LogP contribution in [0, 0.1) is 0 Å². The zero-order valence-electron chi connectivity index (χ0n) is 12.0. The average Bonchev–Trinajstić information content (AvgIpc) is 2.22. The van der Waals surface area contributed by atoms with Crippen LogP contribution in [0.4, 0.5) is 0 Å². The maximum atomic E-state index is 10.6. The van der Waals surface area contributed by atoms with E-state index in [4.69, 9.17) is 20.4 Å². The summed E-state index contributed by atoms with van der Waals surface area (Å²) in [7, 11) is 0. The van der Waals surface area contributed by atoms with E-state index in [0.717, 1.165) is 9.80 Å². The minimum absolute atomic E-state index is 0. The van der Waals surface area contributed by atoms with E-state index in [1.165, 1.54) is 0 Å². The summed E-state index contributed by atoms with van der Waals surface area (Å²) in [6, 6.07) is 0. The van der Waals surface area contributed by atoms with Crippen molar-refractivity contribution < 1.29 is 39.6 Å². The topological polar surface area (TPSA) is 191 Å². The molecule has 12 heteroatoms. The molecule has 0 amide bonds. The number of hydrogen-bond acceptors (Lipinski definition) is 7. The van der Waals surface area contributed by atoms with Crippen LogP contribution in [0.3, 0.4) is 0 Å². The van der Waals surface area contributed by atoms with Crippen molar-refractivity contribution in [1.29, 1.82) is 0 Å². The van der Waals surface area contributed by atoms with Gasteiger partial charge in [0.2, 0.25) is 0 Å². The molecule has 0 aromatic heterocycles. The SMILES string of the molecule is N.O=C(O)CN(CCN(CC(=O)O)CC(=O)O)CC(=O)O.[BiH3]. The molecule has 0 saturated heterocycles. The maximum absolute atomic E-state index is 10.6. The van der Waals surface area contributed by atoms with E-state index in [1.807, 2.05) is 0 Å². The average molecular weight is 521 g/mol. The summed E-state index contributed by atoms with van der Waals surface area (Å²) in [6.07, 6.45) is 0. The summed E-state index contributed by atoms with van der Waals surface area (Å²) in [4.78, 5) is 44.4. The van der Waals surface area contributed by atoms with Crippen molar-refractivity contribution >= 4 is 50.1 Å². The number of aliphatic carboxylic acids is 4. The zero-order chi connectivity index (χ0) is 15.7. The van der Waals surface area contributed by atoms with Crippen LogP contribution < -0.4 is 6.15 Å². The van der Waals surface area contributed by atoms with Crippen molar-refractivity contribution in [3.8, 4) is 0 Å². The molecule has 0 heterocycles. The molecule has 0 rings (SSSR count). The number of carboxylic acids is 4. The molecule has 0 spiro atoms. The number of carbonyl (C=O) groups is 4. The molecule has 0 radical (unpaired) electrons. The van der Waals surface area contributed by atoms with Gasteiger partial charge in [0.15, 0.2) is 0 Å². The van der Waals surface area contributed by atoms with Crippen molar-refractivity contribution in [2.75, 3.05) is 39.3 Å². The molecule has 0 fully saturated rings. The minimum atomic E-state index is -1.23. The summed E-state index contributed by atoms with van der Waals surface area (Å²) in [5.41, 5.74) is 0. The van der Waals surface area contributed by atoms with Gasteiger partial charge >= 0.3 is 50.1 Å². The van der Waals surface area contributed by atoms with E-state index in [2.05, 4.69) is 0 Å². The predicted octanol–water partition coefficient (Wildman–Crippen LogP) is -3.09. The van der Waals surface area contributed by atoms with Crippen molar-refractivity contribution in [3.05, 3.63) is 0 Å². The molecule has 0 atom stereocenters. The molecule has 7 N–H and O–H groups in total. The Hall–Kier alpha value is -1.36. The van der Waals surface area contributed by atoms with Gasteiger partial charge in [-0.05, 0) is 0 Å².